The molecule has 1 saturated heterocycles. The average Bonchev–Trinajstić information content (AvgIpc) is 2.90. The van der Waals surface area contributed by atoms with Crippen LogP contribution in [-0.4, -0.2) is 27.7 Å². The van der Waals surface area contributed by atoms with Gasteiger partial charge < -0.3 is 9.64 Å². The van der Waals surface area contributed by atoms with Crippen molar-refractivity contribution in [3.05, 3.63) is 59.7 Å². The molecule has 1 atom stereocenters. The Balaban J connectivity index is 1.58. The second-order valence-corrected chi connectivity index (χ2v) is 7.75. The number of ether oxygens (including phenoxy) is 1. The van der Waals surface area contributed by atoms with Crippen LogP contribution in [0.2, 0.25) is 0 Å². The minimum absolute atomic E-state index is 0.0669. The fraction of sp³-hybridized carbons (Fsp3) is 0.300. The number of amides is 1. The van der Waals surface area contributed by atoms with E-state index in [9.17, 15) is 9.59 Å². The van der Waals surface area contributed by atoms with E-state index in [1.807, 2.05) is 60.4 Å². The molecule has 0 N–H and O–H groups in total. The molecule has 0 aliphatic carbocycles. The molecule has 2 aromatic rings. The summed E-state index contributed by atoms with van der Waals surface area (Å²) >= 11 is 1.26. The Kier molecular flexibility index (Phi) is 5.43. The van der Waals surface area contributed by atoms with E-state index in [2.05, 4.69) is 0 Å². The van der Waals surface area contributed by atoms with Crippen LogP contribution in [0.1, 0.15) is 24.5 Å². The van der Waals surface area contributed by atoms with Gasteiger partial charge in [-0.25, -0.2) is 0 Å². The number of carbonyl (C=O) groups excluding carboxylic acids is 2. The second-order valence-electron chi connectivity index (χ2n) is 6.27. The topological polar surface area (TPSA) is 46.6 Å². The van der Waals surface area contributed by atoms with Crippen molar-refractivity contribution in [3.63, 3.8) is 0 Å². The van der Waals surface area contributed by atoms with Crippen LogP contribution in [0.3, 0.4) is 0 Å². The first-order valence-corrected chi connectivity index (χ1v) is 9.16. The van der Waals surface area contributed by atoms with E-state index in [1.165, 1.54) is 17.3 Å². The monoisotopic (exact) mass is 355 g/mol. The quantitative estimate of drug-likeness (QED) is 0.808. The van der Waals surface area contributed by atoms with E-state index in [4.69, 9.17) is 4.74 Å². The SMILES string of the molecule is CC(=O)SC1CC(=O)N(Cc2ccc(Oc3ccc(C)cc3)cc2)C1. The van der Waals surface area contributed by atoms with Crippen molar-refractivity contribution in [2.24, 2.45) is 0 Å². The Labute approximate surface area is 152 Å². The van der Waals surface area contributed by atoms with Crippen LogP contribution >= 0.6 is 11.8 Å². The average molecular weight is 355 g/mol. The molecule has 1 fully saturated rings. The van der Waals surface area contributed by atoms with Crippen LogP contribution < -0.4 is 4.74 Å². The van der Waals surface area contributed by atoms with Gasteiger partial charge in [-0.05, 0) is 36.8 Å². The lowest BCUT2D eigenvalue weighted by atomic mass is 10.2. The van der Waals surface area contributed by atoms with Crippen LogP contribution in [0.5, 0.6) is 11.5 Å². The maximum Gasteiger partial charge on any atom is 0.224 e. The summed E-state index contributed by atoms with van der Waals surface area (Å²) in [4.78, 5) is 25.1. The normalized spacial score (nSPS) is 17.0. The van der Waals surface area contributed by atoms with E-state index in [-0.39, 0.29) is 16.3 Å². The van der Waals surface area contributed by atoms with Crippen molar-refractivity contribution in [2.75, 3.05) is 6.54 Å². The number of likely N-dealkylation sites (tertiary alicyclic amines) is 1. The van der Waals surface area contributed by atoms with E-state index < -0.39 is 0 Å². The van der Waals surface area contributed by atoms with Crippen molar-refractivity contribution in [3.8, 4) is 11.5 Å². The van der Waals surface area contributed by atoms with Gasteiger partial charge >= 0.3 is 0 Å². The number of rotatable bonds is 5. The molecule has 0 saturated carbocycles. The number of aryl methyl sites for hydroxylation is 1. The molecule has 3 rings (SSSR count). The summed E-state index contributed by atoms with van der Waals surface area (Å²) in [6.07, 6.45) is 0.443. The Bertz CT molecular complexity index is 756. The summed E-state index contributed by atoms with van der Waals surface area (Å²) in [5, 5.41) is 0.145. The largest absolute Gasteiger partial charge is 0.457 e. The molecule has 1 aliphatic rings. The third kappa shape index (κ3) is 4.86. The molecule has 1 amide bonds. The zero-order valence-electron chi connectivity index (χ0n) is 14.4. The van der Waals surface area contributed by atoms with Gasteiger partial charge in [0.2, 0.25) is 5.91 Å². The number of carbonyl (C=O) groups is 2. The van der Waals surface area contributed by atoms with Gasteiger partial charge in [0, 0.05) is 31.7 Å². The van der Waals surface area contributed by atoms with E-state index >= 15 is 0 Å². The molecule has 1 aliphatic heterocycles. The highest BCUT2D eigenvalue weighted by Crippen LogP contribution is 2.26. The molecule has 0 spiro atoms. The maximum absolute atomic E-state index is 12.1. The highest BCUT2D eigenvalue weighted by Gasteiger charge is 2.30. The van der Waals surface area contributed by atoms with E-state index in [0.717, 1.165) is 17.1 Å². The first-order chi connectivity index (χ1) is 12.0. The molecule has 1 unspecified atom stereocenters. The van der Waals surface area contributed by atoms with Gasteiger partial charge in [-0.2, -0.15) is 0 Å². The third-order valence-corrected chi connectivity index (χ3v) is 5.05. The standard InChI is InChI=1S/C20H21NO3S/c1-14-3-7-17(8-4-14)24-18-9-5-16(6-10-18)12-21-13-19(11-20(21)23)25-15(2)22/h3-10,19H,11-13H2,1-2H3. The van der Waals surface area contributed by atoms with Gasteiger partial charge in [0.05, 0.1) is 0 Å². The predicted octanol–water partition coefficient (Wildman–Crippen LogP) is 4.17. The van der Waals surface area contributed by atoms with Crippen LogP contribution in [0.4, 0.5) is 0 Å². The lowest BCUT2D eigenvalue weighted by Gasteiger charge is -2.16. The van der Waals surface area contributed by atoms with Crippen LogP contribution in [-0.2, 0) is 16.1 Å². The molecule has 25 heavy (non-hydrogen) atoms. The summed E-state index contributed by atoms with van der Waals surface area (Å²) in [5.41, 5.74) is 2.25. The highest BCUT2D eigenvalue weighted by atomic mass is 32.2. The van der Waals surface area contributed by atoms with Crippen molar-refractivity contribution < 1.29 is 14.3 Å². The van der Waals surface area contributed by atoms with Gasteiger partial charge in [0.1, 0.15) is 11.5 Å². The maximum atomic E-state index is 12.1. The Morgan fingerprint density at radius 3 is 2.32 bits per heavy atom. The fourth-order valence-corrected chi connectivity index (χ4v) is 3.78. The Hall–Kier alpha value is -2.27. The fourth-order valence-electron chi connectivity index (χ4n) is 2.83. The minimum Gasteiger partial charge on any atom is -0.457 e. The van der Waals surface area contributed by atoms with Gasteiger partial charge in [-0.15, -0.1) is 0 Å². The van der Waals surface area contributed by atoms with E-state index in [0.29, 0.717) is 19.5 Å². The lowest BCUT2D eigenvalue weighted by molar-refractivity contribution is -0.128. The molecule has 0 aromatic heterocycles. The Morgan fingerprint density at radius 2 is 1.72 bits per heavy atom. The molecule has 1 heterocycles. The first kappa shape index (κ1) is 17.5. The van der Waals surface area contributed by atoms with Crippen molar-refractivity contribution in [1.29, 1.82) is 0 Å². The first-order valence-electron chi connectivity index (χ1n) is 8.28. The molecular weight excluding hydrogens is 334 g/mol. The summed E-state index contributed by atoms with van der Waals surface area (Å²) in [7, 11) is 0. The van der Waals surface area contributed by atoms with Crippen molar-refractivity contribution in [1.82, 2.24) is 4.90 Å². The number of benzene rings is 2. The molecule has 0 radical (unpaired) electrons. The summed E-state index contributed by atoms with van der Waals surface area (Å²) in [6, 6.07) is 15.7. The number of thioether (sulfide) groups is 1. The van der Waals surface area contributed by atoms with Crippen LogP contribution in [0.15, 0.2) is 48.5 Å². The van der Waals surface area contributed by atoms with Gasteiger partial charge in [-0.1, -0.05) is 41.6 Å². The predicted molar refractivity (Wildman–Crippen MR) is 99.8 cm³/mol. The minimum atomic E-state index is 0.0669. The number of hydrogen-bond donors (Lipinski definition) is 0. The molecule has 2 aromatic carbocycles. The number of hydrogen-bond acceptors (Lipinski definition) is 4. The summed E-state index contributed by atoms with van der Waals surface area (Å²) in [6.45, 7) is 4.78. The van der Waals surface area contributed by atoms with Crippen molar-refractivity contribution in [2.45, 2.75) is 32.1 Å². The zero-order valence-corrected chi connectivity index (χ0v) is 15.2. The zero-order chi connectivity index (χ0) is 17.8. The second kappa shape index (κ2) is 7.74. The molecule has 4 nitrogen and oxygen atoms in total. The third-order valence-electron chi connectivity index (χ3n) is 4.07. The summed E-state index contributed by atoms with van der Waals surface area (Å²) in [5.74, 6) is 1.68. The van der Waals surface area contributed by atoms with Gasteiger partial charge in [0.25, 0.3) is 0 Å². The molecule has 5 heteroatoms. The van der Waals surface area contributed by atoms with Gasteiger partial charge in [-0.3, -0.25) is 9.59 Å². The van der Waals surface area contributed by atoms with Crippen LogP contribution in [0.25, 0.3) is 0 Å². The van der Waals surface area contributed by atoms with Crippen LogP contribution in [0, 0.1) is 6.92 Å². The Morgan fingerprint density at radius 1 is 1.12 bits per heavy atom. The smallest absolute Gasteiger partial charge is 0.224 e. The molecule has 130 valence electrons. The summed E-state index contributed by atoms with van der Waals surface area (Å²) < 4.78 is 5.82. The van der Waals surface area contributed by atoms with E-state index in [1.54, 1.807) is 6.92 Å². The highest BCUT2D eigenvalue weighted by molar-refractivity contribution is 8.14. The molecule has 0 bridgehead atoms. The van der Waals surface area contributed by atoms with Gasteiger partial charge in [0.15, 0.2) is 5.12 Å². The lowest BCUT2D eigenvalue weighted by Crippen LogP contribution is -2.24. The number of nitrogens with zero attached hydrogens (tertiary/aromatic N) is 1. The molecular formula is C20H21NO3S. The van der Waals surface area contributed by atoms with Crippen molar-refractivity contribution >= 4 is 22.8 Å².